The molecule has 0 aliphatic carbocycles. The molecule has 0 aliphatic rings. The van der Waals surface area contributed by atoms with Gasteiger partial charge < -0.3 is 0 Å². The van der Waals surface area contributed by atoms with E-state index in [-0.39, 0.29) is 17.8 Å². The van der Waals surface area contributed by atoms with Gasteiger partial charge in [-0.3, -0.25) is 9.59 Å². The minimum atomic E-state index is -0.569. The second kappa shape index (κ2) is 8.48. The molecule has 3 aromatic carbocycles. The Balaban J connectivity index is 1.67. The molecule has 0 fully saturated rings. The van der Waals surface area contributed by atoms with Crippen LogP contribution in [0.3, 0.4) is 0 Å². The fourth-order valence-electron chi connectivity index (χ4n) is 3.07. The van der Waals surface area contributed by atoms with Crippen LogP contribution in [0.15, 0.2) is 88.8 Å². The Kier molecular flexibility index (Phi) is 5.43. The molecule has 4 rings (SSSR count). The standard InChI is InChI=1S/C23H17FN4O2/c24-18-10-6-9-17(13-18)14-25-26-22(29)21-19-11-4-5-12-20(19)23(30)28(27-21)15-16-7-2-1-3-8-16/h1-14H,15H2,(H,26,29)/b25-14+. The number of rotatable bonds is 5. The van der Waals surface area contributed by atoms with Crippen LogP contribution in [0.1, 0.15) is 21.6 Å². The van der Waals surface area contributed by atoms with Crippen molar-refractivity contribution < 1.29 is 9.18 Å². The lowest BCUT2D eigenvalue weighted by Gasteiger charge is -2.10. The van der Waals surface area contributed by atoms with Crippen LogP contribution in [0, 0.1) is 5.82 Å². The van der Waals surface area contributed by atoms with E-state index < -0.39 is 11.7 Å². The molecule has 1 aromatic heterocycles. The number of hydrogen-bond donors (Lipinski definition) is 1. The number of amides is 1. The lowest BCUT2D eigenvalue weighted by Crippen LogP contribution is -2.29. The molecule has 0 spiro atoms. The number of nitrogens with zero attached hydrogens (tertiary/aromatic N) is 3. The van der Waals surface area contributed by atoms with Gasteiger partial charge in [0.25, 0.3) is 11.5 Å². The zero-order valence-electron chi connectivity index (χ0n) is 15.8. The molecule has 4 aromatic rings. The van der Waals surface area contributed by atoms with Gasteiger partial charge in [0.05, 0.1) is 18.1 Å². The van der Waals surface area contributed by atoms with Gasteiger partial charge in [0.2, 0.25) is 0 Å². The molecule has 0 unspecified atom stereocenters. The van der Waals surface area contributed by atoms with Crippen LogP contribution >= 0.6 is 0 Å². The quantitative estimate of drug-likeness (QED) is 0.412. The Morgan fingerprint density at radius 2 is 1.73 bits per heavy atom. The summed E-state index contributed by atoms with van der Waals surface area (Å²) in [4.78, 5) is 25.6. The Bertz CT molecular complexity index is 1300. The minimum absolute atomic E-state index is 0.0810. The number of hydrogen-bond acceptors (Lipinski definition) is 4. The van der Waals surface area contributed by atoms with Gasteiger partial charge in [-0.05, 0) is 29.3 Å². The number of nitrogens with one attached hydrogen (secondary N) is 1. The topological polar surface area (TPSA) is 76.3 Å². The normalized spacial score (nSPS) is 11.1. The molecule has 1 amide bonds. The van der Waals surface area contributed by atoms with Gasteiger partial charge in [0, 0.05) is 5.39 Å². The molecule has 0 aliphatic heterocycles. The van der Waals surface area contributed by atoms with Crippen LogP contribution in [-0.2, 0) is 6.54 Å². The average Bonchev–Trinajstić information content (AvgIpc) is 2.76. The van der Waals surface area contributed by atoms with Gasteiger partial charge in [-0.1, -0.05) is 60.7 Å². The van der Waals surface area contributed by atoms with E-state index in [1.807, 2.05) is 30.3 Å². The first-order valence-corrected chi connectivity index (χ1v) is 9.24. The fraction of sp³-hybridized carbons (Fsp3) is 0.0435. The number of benzene rings is 3. The van der Waals surface area contributed by atoms with Crippen molar-refractivity contribution in [1.29, 1.82) is 0 Å². The Morgan fingerprint density at radius 3 is 2.50 bits per heavy atom. The zero-order chi connectivity index (χ0) is 20.9. The third-order valence-corrected chi connectivity index (χ3v) is 4.49. The maximum Gasteiger partial charge on any atom is 0.292 e. The van der Waals surface area contributed by atoms with E-state index >= 15 is 0 Å². The van der Waals surface area contributed by atoms with Crippen molar-refractivity contribution in [3.63, 3.8) is 0 Å². The highest BCUT2D eigenvalue weighted by Crippen LogP contribution is 2.14. The first-order valence-electron chi connectivity index (χ1n) is 9.24. The maximum atomic E-state index is 13.3. The second-order valence-electron chi connectivity index (χ2n) is 6.60. The minimum Gasteiger partial charge on any atom is -0.267 e. The summed E-state index contributed by atoms with van der Waals surface area (Å²) in [7, 11) is 0. The molecule has 6 nitrogen and oxygen atoms in total. The average molecular weight is 400 g/mol. The highest BCUT2D eigenvalue weighted by atomic mass is 19.1. The van der Waals surface area contributed by atoms with Gasteiger partial charge in [0.15, 0.2) is 5.69 Å². The monoisotopic (exact) mass is 400 g/mol. The summed E-state index contributed by atoms with van der Waals surface area (Å²) in [6.07, 6.45) is 1.34. The number of carbonyl (C=O) groups is 1. The maximum absolute atomic E-state index is 13.3. The smallest absolute Gasteiger partial charge is 0.267 e. The van der Waals surface area contributed by atoms with Gasteiger partial charge >= 0.3 is 0 Å². The summed E-state index contributed by atoms with van der Waals surface area (Å²) in [6.45, 7) is 0.233. The third-order valence-electron chi connectivity index (χ3n) is 4.49. The SMILES string of the molecule is O=C(N/N=C/c1cccc(F)c1)c1nn(Cc2ccccc2)c(=O)c2ccccc12. The van der Waals surface area contributed by atoms with E-state index in [1.165, 1.54) is 23.0 Å². The fourth-order valence-corrected chi connectivity index (χ4v) is 3.07. The van der Waals surface area contributed by atoms with Crippen molar-refractivity contribution in [2.24, 2.45) is 5.10 Å². The third kappa shape index (κ3) is 4.15. The van der Waals surface area contributed by atoms with Gasteiger partial charge in [-0.2, -0.15) is 10.2 Å². The summed E-state index contributed by atoms with van der Waals surface area (Å²) in [5.41, 5.74) is 3.59. The second-order valence-corrected chi connectivity index (χ2v) is 6.60. The van der Waals surface area contributed by atoms with Crippen molar-refractivity contribution in [1.82, 2.24) is 15.2 Å². The summed E-state index contributed by atoms with van der Waals surface area (Å²) in [6, 6.07) is 22.0. The largest absolute Gasteiger partial charge is 0.292 e. The van der Waals surface area contributed by atoms with Gasteiger partial charge in [-0.25, -0.2) is 14.5 Å². The summed E-state index contributed by atoms with van der Waals surface area (Å²) in [5.74, 6) is -0.966. The molecule has 0 saturated carbocycles. The van der Waals surface area contributed by atoms with Crippen LogP contribution in [-0.4, -0.2) is 21.9 Å². The van der Waals surface area contributed by atoms with E-state index in [4.69, 9.17) is 0 Å². The van der Waals surface area contributed by atoms with Crippen molar-refractivity contribution in [2.45, 2.75) is 6.54 Å². The number of halogens is 1. The van der Waals surface area contributed by atoms with Gasteiger partial charge in [-0.15, -0.1) is 0 Å². The van der Waals surface area contributed by atoms with Crippen molar-refractivity contribution in [3.8, 4) is 0 Å². The van der Waals surface area contributed by atoms with Crippen LogP contribution in [0.4, 0.5) is 4.39 Å². The molecule has 1 N–H and O–H groups in total. The van der Waals surface area contributed by atoms with Gasteiger partial charge in [0.1, 0.15) is 5.82 Å². The predicted molar refractivity (Wildman–Crippen MR) is 113 cm³/mol. The highest BCUT2D eigenvalue weighted by molar-refractivity contribution is 6.04. The molecule has 1 heterocycles. The van der Waals surface area contributed by atoms with Crippen LogP contribution in [0.25, 0.3) is 10.8 Å². The molecule has 148 valence electrons. The molecular weight excluding hydrogens is 383 g/mol. The van der Waals surface area contributed by atoms with Crippen LogP contribution in [0.2, 0.25) is 0 Å². The Morgan fingerprint density at radius 1 is 1.00 bits per heavy atom. The van der Waals surface area contributed by atoms with Crippen LogP contribution in [0.5, 0.6) is 0 Å². The number of hydrazone groups is 1. The van der Waals surface area contributed by atoms with E-state index in [9.17, 15) is 14.0 Å². The highest BCUT2D eigenvalue weighted by Gasteiger charge is 2.16. The number of fused-ring (bicyclic) bond motifs is 1. The lowest BCUT2D eigenvalue weighted by atomic mass is 10.1. The number of aromatic nitrogens is 2. The summed E-state index contributed by atoms with van der Waals surface area (Å²) in [5, 5.41) is 9.00. The van der Waals surface area contributed by atoms with E-state index in [2.05, 4.69) is 15.6 Å². The van der Waals surface area contributed by atoms with Crippen molar-refractivity contribution >= 4 is 22.9 Å². The summed E-state index contributed by atoms with van der Waals surface area (Å²) < 4.78 is 14.5. The molecule has 0 saturated heterocycles. The number of carbonyl (C=O) groups excluding carboxylic acids is 1. The molecule has 0 radical (unpaired) electrons. The molecule has 7 heteroatoms. The molecule has 0 bridgehead atoms. The van der Waals surface area contributed by atoms with Crippen molar-refractivity contribution in [2.75, 3.05) is 0 Å². The van der Waals surface area contributed by atoms with E-state index in [1.54, 1.807) is 36.4 Å². The van der Waals surface area contributed by atoms with E-state index in [0.717, 1.165) is 5.56 Å². The molecule has 30 heavy (non-hydrogen) atoms. The Labute approximate surface area is 171 Å². The first-order chi connectivity index (χ1) is 14.6. The van der Waals surface area contributed by atoms with E-state index in [0.29, 0.717) is 16.3 Å². The Hall–Kier alpha value is -4.13. The molecular formula is C23H17FN4O2. The van der Waals surface area contributed by atoms with Crippen molar-refractivity contribution in [3.05, 3.63) is 112 Å². The predicted octanol–water partition coefficient (Wildman–Crippen LogP) is 3.35. The summed E-state index contributed by atoms with van der Waals surface area (Å²) >= 11 is 0. The molecule has 0 atom stereocenters. The lowest BCUT2D eigenvalue weighted by molar-refractivity contribution is 0.0949. The zero-order valence-corrected chi connectivity index (χ0v) is 15.8. The first kappa shape index (κ1) is 19.2. The van der Waals surface area contributed by atoms with Crippen LogP contribution < -0.4 is 11.0 Å².